The zero-order chi connectivity index (χ0) is 12.3. The van der Waals surface area contributed by atoms with E-state index in [-0.39, 0.29) is 11.7 Å². The minimum absolute atomic E-state index is 0.146. The number of hydrogen-bond donors (Lipinski definition) is 1. The molecule has 0 aromatic rings. The van der Waals surface area contributed by atoms with E-state index in [9.17, 15) is 5.11 Å². The smallest absolute Gasteiger partial charge is 0.0802 e. The highest BCUT2D eigenvalue weighted by atomic mass is 16.5. The number of hydrogen-bond acceptors (Lipinski definition) is 2. The molecule has 1 saturated carbocycles. The van der Waals surface area contributed by atoms with E-state index in [1.165, 1.54) is 6.42 Å². The summed E-state index contributed by atoms with van der Waals surface area (Å²) in [6.07, 6.45) is 3.32. The fraction of sp³-hybridized carbons (Fsp3) is 1.00. The van der Waals surface area contributed by atoms with Gasteiger partial charge in [0.1, 0.15) is 0 Å². The van der Waals surface area contributed by atoms with Gasteiger partial charge in [-0.2, -0.15) is 0 Å². The van der Waals surface area contributed by atoms with Gasteiger partial charge in [-0.1, -0.05) is 13.8 Å². The Morgan fingerprint density at radius 1 is 1.12 bits per heavy atom. The average molecular weight is 228 g/mol. The Bertz CT molecular complexity index is 197. The Hall–Kier alpha value is -0.0800. The van der Waals surface area contributed by atoms with Gasteiger partial charge in [-0.25, -0.2) is 0 Å². The van der Waals surface area contributed by atoms with Gasteiger partial charge in [0.2, 0.25) is 0 Å². The molecule has 16 heavy (non-hydrogen) atoms. The first kappa shape index (κ1) is 14.0. The van der Waals surface area contributed by atoms with Crippen molar-refractivity contribution in [2.45, 2.75) is 65.6 Å². The van der Waals surface area contributed by atoms with Gasteiger partial charge in [0.25, 0.3) is 0 Å². The van der Waals surface area contributed by atoms with Crippen molar-refractivity contribution in [2.75, 3.05) is 6.61 Å². The van der Waals surface area contributed by atoms with Crippen LogP contribution in [-0.4, -0.2) is 23.4 Å². The van der Waals surface area contributed by atoms with Gasteiger partial charge >= 0.3 is 0 Å². The number of aliphatic hydroxyl groups excluding tert-OH is 1. The average Bonchev–Trinajstić information content (AvgIpc) is 2.11. The number of ether oxygens (including phenoxy) is 1. The van der Waals surface area contributed by atoms with E-state index in [4.69, 9.17) is 4.74 Å². The molecular formula is C14H28O2. The highest BCUT2D eigenvalue weighted by Gasteiger charge is 2.29. The molecule has 1 N–H and O–H groups in total. The Labute approximate surface area is 100 Å². The Morgan fingerprint density at radius 3 is 2.06 bits per heavy atom. The lowest BCUT2D eigenvalue weighted by Gasteiger charge is -2.35. The molecule has 3 unspecified atom stereocenters. The first-order valence-electron chi connectivity index (χ1n) is 6.60. The van der Waals surface area contributed by atoms with Crippen molar-refractivity contribution in [3.8, 4) is 0 Å². The van der Waals surface area contributed by atoms with Crippen molar-refractivity contribution in [1.82, 2.24) is 0 Å². The van der Waals surface area contributed by atoms with Crippen molar-refractivity contribution in [2.24, 2.45) is 17.8 Å². The molecule has 2 nitrogen and oxygen atoms in total. The van der Waals surface area contributed by atoms with Crippen LogP contribution in [0.4, 0.5) is 0 Å². The predicted molar refractivity (Wildman–Crippen MR) is 67.4 cm³/mol. The molecule has 0 spiro atoms. The lowest BCUT2D eigenvalue weighted by molar-refractivity contribution is -0.0739. The molecule has 96 valence electrons. The zero-order valence-electron chi connectivity index (χ0n) is 11.5. The molecule has 0 bridgehead atoms. The molecular weight excluding hydrogens is 200 g/mol. The van der Waals surface area contributed by atoms with E-state index in [1.807, 2.05) is 20.8 Å². The summed E-state index contributed by atoms with van der Waals surface area (Å²) in [7, 11) is 0. The second kappa shape index (κ2) is 5.50. The number of aliphatic hydroxyl groups is 1. The third-order valence-corrected chi connectivity index (χ3v) is 3.45. The normalized spacial score (nSPS) is 33.8. The van der Waals surface area contributed by atoms with Crippen LogP contribution in [0.25, 0.3) is 0 Å². The van der Waals surface area contributed by atoms with Crippen LogP contribution in [0.15, 0.2) is 0 Å². The van der Waals surface area contributed by atoms with Gasteiger partial charge in [0, 0.05) is 0 Å². The minimum Gasteiger partial charge on any atom is -0.390 e. The largest absolute Gasteiger partial charge is 0.390 e. The highest BCUT2D eigenvalue weighted by molar-refractivity contribution is 4.80. The van der Waals surface area contributed by atoms with E-state index >= 15 is 0 Å². The Morgan fingerprint density at radius 2 is 1.62 bits per heavy atom. The summed E-state index contributed by atoms with van der Waals surface area (Å²) in [6, 6.07) is 0. The van der Waals surface area contributed by atoms with E-state index in [2.05, 4.69) is 13.8 Å². The third-order valence-electron chi connectivity index (χ3n) is 3.45. The molecule has 0 aliphatic heterocycles. The fourth-order valence-electron chi connectivity index (χ4n) is 2.79. The van der Waals surface area contributed by atoms with Gasteiger partial charge in [-0.15, -0.1) is 0 Å². The van der Waals surface area contributed by atoms with Crippen LogP contribution in [0.1, 0.15) is 53.9 Å². The monoisotopic (exact) mass is 228 g/mol. The predicted octanol–water partition coefficient (Wildman–Crippen LogP) is 3.23. The van der Waals surface area contributed by atoms with Crippen molar-refractivity contribution in [3.63, 3.8) is 0 Å². The summed E-state index contributed by atoms with van der Waals surface area (Å²) in [5.74, 6) is 1.93. The van der Waals surface area contributed by atoms with Gasteiger partial charge in [0.15, 0.2) is 0 Å². The topological polar surface area (TPSA) is 29.5 Å². The Balaban J connectivity index is 2.38. The van der Waals surface area contributed by atoms with Crippen molar-refractivity contribution in [3.05, 3.63) is 0 Å². The quantitative estimate of drug-likeness (QED) is 0.803. The molecule has 0 radical (unpaired) electrons. The number of rotatable bonds is 3. The van der Waals surface area contributed by atoms with Crippen LogP contribution in [0.3, 0.4) is 0 Å². The highest BCUT2D eigenvalue weighted by Crippen LogP contribution is 2.34. The van der Waals surface area contributed by atoms with Gasteiger partial charge in [-0.05, 0) is 57.8 Å². The second-order valence-electron chi connectivity index (χ2n) is 6.67. The van der Waals surface area contributed by atoms with E-state index in [0.717, 1.165) is 24.7 Å². The van der Waals surface area contributed by atoms with Crippen LogP contribution in [0.2, 0.25) is 0 Å². The van der Waals surface area contributed by atoms with Crippen molar-refractivity contribution >= 4 is 0 Å². The summed E-state index contributed by atoms with van der Waals surface area (Å²) >= 11 is 0. The van der Waals surface area contributed by atoms with Crippen LogP contribution >= 0.6 is 0 Å². The van der Waals surface area contributed by atoms with E-state index in [1.54, 1.807) is 0 Å². The molecule has 0 aromatic heterocycles. The summed E-state index contributed by atoms with van der Waals surface area (Å²) in [5.41, 5.74) is -0.146. The molecule has 0 amide bonds. The van der Waals surface area contributed by atoms with E-state index < -0.39 is 0 Å². The Kier molecular flexibility index (Phi) is 4.81. The standard InChI is InChI=1S/C14H28O2/c1-10-6-11(2)8-12(7-10)13(15)9-16-14(3,4)5/h10-13,15H,6-9H2,1-5H3. The summed E-state index contributed by atoms with van der Waals surface area (Å²) < 4.78 is 5.66. The maximum absolute atomic E-state index is 10.1. The van der Waals surface area contributed by atoms with Gasteiger partial charge in [0.05, 0.1) is 18.3 Å². The van der Waals surface area contributed by atoms with Crippen LogP contribution < -0.4 is 0 Å². The molecule has 1 fully saturated rings. The van der Waals surface area contributed by atoms with E-state index in [0.29, 0.717) is 12.5 Å². The van der Waals surface area contributed by atoms with Crippen LogP contribution in [0, 0.1) is 17.8 Å². The molecule has 1 rings (SSSR count). The SMILES string of the molecule is CC1CC(C)CC(C(O)COC(C)(C)C)C1. The third kappa shape index (κ3) is 4.84. The van der Waals surface area contributed by atoms with Crippen LogP contribution in [0.5, 0.6) is 0 Å². The molecule has 1 aliphatic carbocycles. The second-order valence-corrected chi connectivity index (χ2v) is 6.67. The van der Waals surface area contributed by atoms with Crippen molar-refractivity contribution in [1.29, 1.82) is 0 Å². The minimum atomic E-state index is -0.288. The first-order chi connectivity index (χ1) is 7.28. The zero-order valence-corrected chi connectivity index (χ0v) is 11.5. The molecule has 0 aromatic carbocycles. The summed E-state index contributed by atoms with van der Waals surface area (Å²) in [4.78, 5) is 0. The maximum atomic E-state index is 10.1. The van der Waals surface area contributed by atoms with Crippen LogP contribution in [-0.2, 0) is 4.74 Å². The molecule has 0 heterocycles. The first-order valence-corrected chi connectivity index (χ1v) is 6.60. The lowest BCUT2D eigenvalue weighted by Crippen LogP contribution is -2.35. The van der Waals surface area contributed by atoms with Gasteiger partial charge in [-0.3, -0.25) is 0 Å². The lowest BCUT2D eigenvalue weighted by atomic mass is 9.74. The fourth-order valence-corrected chi connectivity index (χ4v) is 2.79. The van der Waals surface area contributed by atoms with Gasteiger partial charge < -0.3 is 9.84 Å². The summed E-state index contributed by atoms with van der Waals surface area (Å²) in [6.45, 7) is 11.2. The van der Waals surface area contributed by atoms with Crippen molar-refractivity contribution < 1.29 is 9.84 Å². The molecule has 2 heteroatoms. The maximum Gasteiger partial charge on any atom is 0.0802 e. The summed E-state index contributed by atoms with van der Waals surface area (Å²) in [5, 5.41) is 10.1. The molecule has 3 atom stereocenters. The molecule has 1 aliphatic rings. The molecule has 0 saturated heterocycles.